The number of fused-ring (bicyclic) bond motifs is 4. The van der Waals surface area contributed by atoms with Crippen LogP contribution in [0.2, 0.25) is 15.1 Å². The van der Waals surface area contributed by atoms with Crippen LogP contribution >= 0.6 is 49.5 Å². The first-order chi connectivity index (χ1) is 27.4. The van der Waals surface area contributed by atoms with Gasteiger partial charge in [0.1, 0.15) is 5.66 Å². The number of amides is 1. The highest BCUT2D eigenvalue weighted by Gasteiger charge is 2.37. The van der Waals surface area contributed by atoms with Gasteiger partial charge in [-0.2, -0.15) is 0 Å². The highest BCUT2D eigenvalue weighted by Crippen LogP contribution is 2.54. The Kier molecular flexibility index (Phi) is 13.4. The van der Waals surface area contributed by atoms with E-state index in [1.807, 2.05) is 128 Å². The Bertz CT molecular complexity index is 2880. The molecule has 14 heteroatoms. The summed E-state index contributed by atoms with van der Waals surface area (Å²) in [5, 5.41) is 9.76. The van der Waals surface area contributed by atoms with Crippen LogP contribution in [0.15, 0.2) is 122 Å². The first-order valence-corrected chi connectivity index (χ1v) is 24.0. The zero-order valence-corrected chi connectivity index (χ0v) is 37.0. The molecule has 0 radical (unpaired) electrons. The Balaban J connectivity index is 0.000000165. The van der Waals surface area contributed by atoms with Crippen molar-refractivity contribution in [2.45, 2.75) is 18.7 Å². The molecule has 0 fully saturated rings. The topological polar surface area (TPSA) is 107 Å². The summed E-state index contributed by atoms with van der Waals surface area (Å²) in [5.74, 6) is -0.527. The number of nitrogens with zero attached hydrogens (tertiary/aromatic N) is 3. The number of anilines is 1. The molecule has 3 atom stereocenters. The van der Waals surface area contributed by atoms with Gasteiger partial charge in [0.05, 0.1) is 12.8 Å². The Morgan fingerprint density at radius 3 is 1.95 bits per heavy atom. The van der Waals surface area contributed by atoms with Crippen LogP contribution in [0.4, 0.5) is 5.69 Å². The van der Waals surface area contributed by atoms with E-state index in [0.717, 1.165) is 37.8 Å². The van der Waals surface area contributed by atoms with E-state index in [-0.39, 0.29) is 0 Å². The average Bonchev–Trinajstić information content (AvgIpc) is 3.78. The predicted octanol–water partition coefficient (Wildman–Crippen LogP) is 12.7. The highest BCUT2D eigenvalue weighted by molar-refractivity contribution is 7.58. The van der Waals surface area contributed by atoms with E-state index in [0.29, 0.717) is 39.5 Å². The molecule has 58 heavy (non-hydrogen) atoms. The molecule has 0 bridgehead atoms. The van der Waals surface area contributed by atoms with Crippen LogP contribution in [0.3, 0.4) is 0 Å². The normalized spacial score (nSPS) is 14.0. The van der Waals surface area contributed by atoms with E-state index in [2.05, 4.69) is 16.0 Å². The molecule has 5 aromatic carbocycles. The van der Waals surface area contributed by atoms with Crippen LogP contribution in [0, 0.1) is 0 Å². The molecule has 8 aromatic rings. The Labute approximate surface area is 353 Å². The number of rotatable bonds is 8. The molecule has 0 saturated heterocycles. The van der Waals surface area contributed by atoms with Crippen molar-refractivity contribution >= 4 is 105 Å². The Morgan fingerprint density at radius 2 is 1.29 bits per heavy atom. The lowest BCUT2D eigenvalue weighted by molar-refractivity contribution is -0.116. The number of halogens is 3. The molecule has 9 nitrogen and oxygen atoms in total. The van der Waals surface area contributed by atoms with Crippen molar-refractivity contribution in [1.82, 2.24) is 13.7 Å². The lowest BCUT2D eigenvalue weighted by Gasteiger charge is -2.19. The molecule has 0 aliphatic heterocycles. The van der Waals surface area contributed by atoms with Crippen LogP contribution in [-0.2, 0) is 45.8 Å². The molecule has 0 aliphatic rings. The first kappa shape index (κ1) is 43.3. The molecule has 0 aliphatic carbocycles. The van der Waals surface area contributed by atoms with Gasteiger partial charge in [-0.25, -0.2) is 0 Å². The van der Waals surface area contributed by atoms with E-state index in [1.54, 1.807) is 31.1 Å². The van der Waals surface area contributed by atoms with Gasteiger partial charge in [0.25, 0.3) is 0 Å². The number of aromatic nitrogens is 3. The number of carbonyl (C=O) groups is 1. The van der Waals surface area contributed by atoms with E-state index in [4.69, 9.17) is 39.3 Å². The zero-order chi connectivity index (χ0) is 41.9. The van der Waals surface area contributed by atoms with Crippen molar-refractivity contribution in [3.8, 4) is 0 Å². The third kappa shape index (κ3) is 10.1. The van der Waals surface area contributed by atoms with Gasteiger partial charge in [0.2, 0.25) is 20.6 Å². The fraction of sp³-hybridized carbons (Fsp3) is 0.205. The number of aryl methyl sites for hydroxylation is 3. The molecule has 0 spiro atoms. The predicted molar refractivity (Wildman–Crippen MR) is 244 cm³/mol. The van der Waals surface area contributed by atoms with Crippen molar-refractivity contribution < 1.29 is 23.3 Å². The number of nitrogens with one attached hydrogen (secondary N) is 1. The summed E-state index contributed by atoms with van der Waals surface area (Å²) >= 11 is 18.0. The number of hydrogen-bond acceptors (Lipinski definition) is 4. The van der Waals surface area contributed by atoms with E-state index >= 15 is 0 Å². The van der Waals surface area contributed by atoms with E-state index < -0.39 is 26.3 Å². The second kappa shape index (κ2) is 17.9. The Morgan fingerprint density at radius 1 is 0.707 bits per heavy atom. The van der Waals surface area contributed by atoms with Gasteiger partial charge in [-0.3, -0.25) is 13.9 Å². The maximum atomic E-state index is 13.1. The summed E-state index contributed by atoms with van der Waals surface area (Å²) in [5.41, 5.74) is 4.01. The van der Waals surface area contributed by atoms with Gasteiger partial charge < -0.3 is 28.4 Å². The standard InChI is InChI=1S/C22H20ClN2O3P.C13H17ClNO2P.C9H8ClN/c1-25-13-19(18-12-16(23)8-10-20(18)25)21(29(2,27)28)22(26)24-17-9-7-14-5-3-4-6-15(14)11-17;1-4-17-18(3,16)9-10-8-15(2)13-6-5-11(14)7-12(10)13;1-11-5-4-7-6-8(10)2-3-9(7)11/h3-13,21H,1-2H3,(H,24,26)(H,27,28);5-8H,4,9H2,1-3H3;2-6H,1H3. The minimum Gasteiger partial charge on any atom is -0.351 e. The molecule has 302 valence electrons. The van der Waals surface area contributed by atoms with Crippen molar-refractivity contribution in [3.63, 3.8) is 0 Å². The third-order valence-electron chi connectivity index (χ3n) is 9.76. The third-order valence-corrected chi connectivity index (χ3v) is 13.7. The van der Waals surface area contributed by atoms with E-state index in [9.17, 15) is 18.8 Å². The largest absolute Gasteiger partial charge is 0.351 e. The van der Waals surface area contributed by atoms with Gasteiger partial charge in [-0.1, -0.05) is 65.1 Å². The Hall–Kier alpha value is -4.30. The van der Waals surface area contributed by atoms with Gasteiger partial charge in [-0.05, 0) is 102 Å². The van der Waals surface area contributed by atoms with Crippen LogP contribution < -0.4 is 5.32 Å². The molecule has 0 saturated carbocycles. The molecule has 2 N–H and O–H groups in total. The lowest BCUT2D eigenvalue weighted by atomic mass is 10.1. The summed E-state index contributed by atoms with van der Waals surface area (Å²) in [7, 11) is -0.564. The SMILES string of the molecule is CCOP(C)(=O)Cc1cn(C)c2ccc(Cl)cc12.Cn1cc(C(C(=O)Nc2ccc3ccccc3c2)P(C)(=O)O)c2cc(Cl)ccc21.Cn1ccc2cc(Cl)ccc21. The number of hydrogen-bond donors (Lipinski definition) is 2. The van der Waals surface area contributed by atoms with Gasteiger partial charge in [0.15, 0.2) is 0 Å². The van der Waals surface area contributed by atoms with Crippen LogP contribution in [0.5, 0.6) is 0 Å². The summed E-state index contributed by atoms with van der Waals surface area (Å²) in [6, 6.07) is 32.4. The lowest BCUT2D eigenvalue weighted by Crippen LogP contribution is -2.21. The van der Waals surface area contributed by atoms with Crippen molar-refractivity contribution in [3.05, 3.63) is 148 Å². The van der Waals surface area contributed by atoms with Gasteiger partial charge >= 0.3 is 0 Å². The molecule has 3 aromatic heterocycles. The fourth-order valence-electron chi connectivity index (χ4n) is 7.16. The minimum atomic E-state index is -3.81. The number of carbonyl (C=O) groups excluding carboxylic acids is 1. The maximum absolute atomic E-state index is 13.1. The number of benzene rings is 5. The second-order valence-electron chi connectivity index (χ2n) is 14.4. The summed E-state index contributed by atoms with van der Waals surface area (Å²) in [6.45, 7) is 5.22. The molecule has 3 unspecified atom stereocenters. The minimum absolute atomic E-state index is 0.443. The van der Waals surface area contributed by atoms with Crippen molar-refractivity contribution in [2.75, 3.05) is 25.3 Å². The van der Waals surface area contributed by atoms with Crippen molar-refractivity contribution in [2.24, 2.45) is 21.1 Å². The van der Waals surface area contributed by atoms with Crippen LogP contribution in [-0.4, -0.2) is 44.4 Å². The smallest absolute Gasteiger partial charge is 0.241 e. The first-order valence-electron chi connectivity index (χ1n) is 18.4. The molecule has 3 heterocycles. The molecule has 8 rings (SSSR count). The van der Waals surface area contributed by atoms with Crippen LogP contribution in [0.25, 0.3) is 43.5 Å². The molecule has 1 amide bonds. The van der Waals surface area contributed by atoms with E-state index in [1.165, 1.54) is 17.6 Å². The summed E-state index contributed by atoms with van der Waals surface area (Å²) < 4.78 is 36.3. The molecular formula is C44H45Cl3N4O5P2. The molecular weight excluding hydrogens is 833 g/mol. The van der Waals surface area contributed by atoms with Gasteiger partial charge in [-0.15, -0.1) is 0 Å². The maximum Gasteiger partial charge on any atom is 0.241 e. The quantitative estimate of drug-likeness (QED) is 0.148. The van der Waals surface area contributed by atoms with Gasteiger partial charge in [0, 0.05) is 107 Å². The fourth-order valence-corrected chi connectivity index (χ4v) is 10.4. The second-order valence-corrected chi connectivity index (χ2v) is 20.7. The monoisotopic (exact) mass is 876 g/mol. The summed E-state index contributed by atoms with van der Waals surface area (Å²) in [4.78, 5) is 23.6. The highest BCUT2D eigenvalue weighted by atomic mass is 35.5. The average molecular weight is 878 g/mol. The summed E-state index contributed by atoms with van der Waals surface area (Å²) in [6.07, 6.45) is 6.19. The zero-order valence-electron chi connectivity index (χ0n) is 33.0. The van der Waals surface area contributed by atoms with Crippen molar-refractivity contribution in [1.29, 1.82) is 0 Å². The van der Waals surface area contributed by atoms with Crippen LogP contribution in [0.1, 0.15) is 23.7 Å².